The van der Waals surface area contributed by atoms with Crippen LogP contribution in [0, 0.1) is 0 Å². The Kier molecular flexibility index (Phi) is 4.80. The molecule has 7 nitrogen and oxygen atoms in total. The largest absolute Gasteiger partial charge is 0.477 e. The molecule has 0 unspecified atom stereocenters. The van der Waals surface area contributed by atoms with Gasteiger partial charge in [0.15, 0.2) is 12.3 Å². The first-order chi connectivity index (χ1) is 10.8. The van der Waals surface area contributed by atoms with Crippen molar-refractivity contribution in [3.8, 4) is 0 Å². The highest BCUT2D eigenvalue weighted by atomic mass is 16.4. The molecule has 2 rings (SSSR count). The number of rotatable bonds is 5. The van der Waals surface area contributed by atoms with E-state index in [0.29, 0.717) is 5.57 Å². The molecule has 1 aliphatic heterocycles. The Morgan fingerprint density at radius 1 is 1.22 bits per heavy atom. The molecular formula is C16H18N2O5. The van der Waals surface area contributed by atoms with Gasteiger partial charge in [0.25, 0.3) is 5.91 Å². The van der Waals surface area contributed by atoms with Crippen LogP contribution < -0.4 is 5.32 Å². The van der Waals surface area contributed by atoms with E-state index in [9.17, 15) is 19.5 Å². The minimum absolute atomic E-state index is 0.0752. The topological polar surface area (TPSA) is 107 Å². The maximum atomic E-state index is 12.1. The lowest BCUT2D eigenvalue weighted by molar-refractivity contribution is -0.172. The van der Waals surface area contributed by atoms with Gasteiger partial charge in [-0.05, 0) is 25.0 Å². The molecule has 23 heavy (non-hydrogen) atoms. The average molecular weight is 318 g/mol. The van der Waals surface area contributed by atoms with Gasteiger partial charge in [-0.3, -0.25) is 14.5 Å². The van der Waals surface area contributed by atoms with Crippen LogP contribution in [-0.2, 0) is 20.8 Å². The van der Waals surface area contributed by atoms with Crippen LogP contribution in [0.5, 0.6) is 0 Å². The monoisotopic (exact) mass is 318 g/mol. The minimum Gasteiger partial charge on any atom is -0.477 e. The van der Waals surface area contributed by atoms with Crippen LogP contribution in [0.2, 0.25) is 0 Å². The summed E-state index contributed by atoms with van der Waals surface area (Å²) in [5.41, 5.74) is 0.897. The number of nitrogens with zero attached hydrogens (tertiary/aromatic N) is 1. The van der Waals surface area contributed by atoms with E-state index in [-0.39, 0.29) is 12.1 Å². The number of nitrogens with one attached hydrogen (secondary N) is 1. The molecule has 1 aliphatic rings. The number of aliphatic hydroxyl groups is 1. The standard InChI is InChI=1S/C16H18N2O5/c1-9(2)13(16(22)23)18-14(20)12(15(18)21)17-11(19)8-10-6-4-3-5-7-10/h3-7,12,14,20H,8H2,1-2H3,(H,17,19)(H,22,23)/t12-,14+/m0/s1. The third-order valence-corrected chi connectivity index (χ3v) is 3.51. The Labute approximate surface area is 133 Å². The van der Waals surface area contributed by atoms with E-state index >= 15 is 0 Å². The van der Waals surface area contributed by atoms with Crippen LogP contribution in [0.1, 0.15) is 19.4 Å². The predicted molar refractivity (Wildman–Crippen MR) is 80.9 cm³/mol. The summed E-state index contributed by atoms with van der Waals surface area (Å²) < 4.78 is 0. The van der Waals surface area contributed by atoms with Gasteiger partial charge in [0.05, 0.1) is 6.42 Å². The molecule has 1 heterocycles. The summed E-state index contributed by atoms with van der Waals surface area (Å²) in [4.78, 5) is 36.0. The van der Waals surface area contributed by atoms with Gasteiger partial charge in [-0.2, -0.15) is 0 Å². The molecule has 2 amide bonds. The Balaban J connectivity index is 2.02. The fourth-order valence-electron chi connectivity index (χ4n) is 2.42. The van der Waals surface area contributed by atoms with E-state index in [0.717, 1.165) is 10.5 Å². The Morgan fingerprint density at radius 3 is 2.30 bits per heavy atom. The second-order valence-corrected chi connectivity index (χ2v) is 5.48. The van der Waals surface area contributed by atoms with E-state index in [1.807, 2.05) is 6.07 Å². The minimum atomic E-state index is -1.39. The molecule has 0 bridgehead atoms. The van der Waals surface area contributed by atoms with Crippen LogP contribution in [0.15, 0.2) is 41.6 Å². The van der Waals surface area contributed by atoms with Crippen molar-refractivity contribution < 1.29 is 24.6 Å². The number of benzene rings is 1. The van der Waals surface area contributed by atoms with E-state index in [1.54, 1.807) is 24.3 Å². The van der Waals surface area contributed by atoms with Gasteiger partial charge in [-0.15, -0.1) is 0 Å². The summed E-state index contributed by atoms with van der Waals surface area (Å²) >= 11 is 0. The van der Waals surface area contributed by atoms with Crippen molar-refractivity contribution in [1.82, 2.24) is 10.2 Å². The summed E-state index contributed by atoms with van der Waals surface area (Å²) in [6.07, 6.45) is -1.31. The van der Waals surface area contributed by atoms with Crippen LogP contribution >= 0.6 is 0 Å². The molecule has 1 aromatic rings. The fourth-order valence-corrected chi connectivity index (χ4v) is 2.42. The highest BCUT2D eigenvalue weighted by Crippen LogP contribution is 2.25. The van der Waals surface area contributed by atoms with E-state index in [4.69, 9.17) is 5.11 Å². The summed E-state index contributed by atoms with van der Waals surface area (Å²) in [5, 5.41) is 21.6. The van der Waals surface area contributed by atoms with Crippen molar-refractivity contribution in [2.24, 2.45) is 0 Å². The van der Waals surface area contributed by atoms with Crippen molar-refractivity contribution >= 4 is 17.8 Å². The molecule has 1 saturated heterocycles. The molecule has 0 spiro atoms. The molecule has 1 aromatic carbocycles. The summed E-state index contributed by atoms with van der Waals surface area (Å²) in [7, 11) is 0. The van der Waals surface area contributed by atoms with Crippen LogP contribution in [-0.4, -0.2) is 45.2 Å². The first-order valence-corrected chi connectivity index (χ1v) is 7.08. The van der Waals surface area contributed by atoms with Crippen LogP contribution in [0.3, 0.4) is 0 Å². The van der Waals surface area contributed by atoms with E-state index < -0.39 is 30.1 Å². The van der Waals surface area contributed by atoms with Gasteiger partial charge < -0.3 is 15.5 Å². The fraction of sp³-hybridized carbons (Fsp3) is 0.312. The number of carbonyl (C=O) groups excluding carboxylic acids is 2. The highest BCUT2D eigenvalue weighted by Gasteiger charge is 2.50. The molecule has 2 atom stereocenters. The lowest BCUT2D eigenvalue weighted by atomic mass is 10.0. The maximum Gasteiger partial charge on any atom is 0.352 e. The lowest BCUT2D eigenvalue weighted by Crippen LogP contribution is -2.70. The van der Waals surface area contributed by atoms with Gasteiger partial charge in [0.2, 0.25) is 5.91 Å². The van der Waals surface area contributed by atoms with Crippen molar-refractivity contribution in [2.75, 3.05) is 0 Å². The average Bonchev–Trinajstić information content (AvgIpc) is 2.50. The number of carboxylic acids is 1. The van der Waals surface area contributed by atoms with Gasteiger partial charge in [-0.25, -0.2) is 4.79 Å². The van der Waals surface area contributed by atoms with Crippen molar-refractivity contribution in [3.63, 3.8) is 0 Å². The van der Waals surface area contributed by atoms with Gasteiger partial charge in [-0.1, -0.05) is 30.3 Å². The zero-order valence-corrected chi connectivity index (χ0v) is 12.8. The second kappa shape index (κ2) is 6.62. The first-order valence-electron chi connectivity index (χ1n) is 7.08. The molecular weight excluding hydrogens is 300 g/mol. The molecule has 122 valence electrons. The Hall–Kier alpha value is -2.67. The number of aliphatic carboxylic acids is 1. The number of aliphatic hydroxyl groups excluding tert-OH is 1. The zero-order chi connectivity index (χ0) is 17.1. The number of carbonyl (C=O) groups is 3. The third-order valence-electron chi connectivity index (χ3n) is 3.51. The number of carboxylic acid groups (broad SMARTS) is 1. The smallest absolute Gasteiger partial charge is 0.352 e. The molecule has 0 radical (unpaired) electrons. The van der Waals surface area contributed by atoms with Gasteiger partial charge in [0.1, 0.15) is 5.70 Å². The van der Waals surface area contributed by atoms with Crippen LogP contribution in [0.4, 0.5) is 0 Å². The van der Waals surface area contributed by atoms with Crippen molar-refractivity contribution in [3.05, 3.63) is 47.2 Å². The SMILES string of the molecule is CC(C)=C(C(=O)O)N1C(=O)[C@@H](NC(=O)Cc2ccccc2)[C@H]1O. The number of allylic oxidation sites excluding steroid dienone is 1. The third kappa shape index (κ3) is 3.40. The summed E-state index contributed by atoms with van der Waals surface area (Å²) in [6, 6.07) is 7.84. The molecule has 0 aliphatic carbocycles. The van der Waals surface area contributed by atoms with Crippen molar-refractivity contribution in [1.29, 1.82) is 0 Å². The molecule has 7 heteroatoms. The lowest BCUT2D eigenvalue weighted by Gasteiger charge is -2.44. The quantitative estimate of drug-likeness (QED) is 0.533. The second-order valence-electron chi connectivity index (χ2n) is 5.48. The predicted octanol–water partition coefficient (Wildman–Crippen LogP) is 0.253. The maximum absolute atomic E-state index is 12.1. The summed E-state index contributed by atoms with van der Waals surface area (Å²) in [6.45, 7) is 3.07. The number of amides is 2. The molecule has 1 fully saturated rings. The van der Waals surface area contributed by atoms with Gasteiger partial charge in [0, 0.05) is 0 Å². The van der Waals surface area contributed by atoms with E-state index in [1.165, 1.54) is 13.8 Å². The highest BCUT2D eigenvalue weighted by molar-refractivity contribution is 6.00. The molecule has 3 N–H and O–H groups in total. The normalized spacial score (nSPS) is 19.8. The van der Waals surface area contributed by atoms with Gasteiger partial charge >= 0.3 is 5.97 Å². The Bertz CT molecular complexity index is 664. The van der Waals surface area contributed by atoms with Crippen LogP contribution in [0.25, 0.3) is 0 Å². The molecule has 0 aromatic heterocycles. The first kappa shape index (κ1) is 16.7. The number of hydrogen-bond acceptors (Lipinski definition) is 4. The Morgan fingerprint density at radius 2 is 1.83 bits per heavy atom. The van der Waals surface area contributed by atoms with Crippen molar-refractivity contribution in [2.45, 2.75) is 32.5 Å². The number of likely N-dealkylation sites (tertiary alicyclic amines) is 1. The van der Waals surface area contributed by atoms with E-state index in [2.05, 4.69) is 5.32 Å². The number of β-lactam (4-membered cyclic amide) rings is 1. The molecule has 0 saturated carbocycles. The number of hydrogen-bond donors (Lipinski definition) is 3. The zero-order valence-electron chi connectivity index (χ0n) is 12.8. The summed E-state index contributed by atoms with van der Waals surface area (Å²) in [5.74, 6) is -2.36.